The summed E-state index contributed by atoms with van der Waals surface area (Å²) in [6.07, 6.45) is 0.955. The molecule has 0 saturated heterocycles. The van der Waals surface area contributed by atoms with Crippen molar-refractivity contribution in [2.45, 2.75) is 33.2 Å². The van der Waals surface area contributed by atoms with E-state index >= 15 is 0 Å². The number of rotatable bonds is 4. The van der Waals surface area contributed by atoms with Crippen molar-refractivity contribution in [3.8, 4) is 5.75 Å². The normalized spacial score (nSPS) is 15.4. The molecule has 5 rings (SSSR count). The first-order valence-corrected chi connectivity index (χ1v) is 11.2. The van der Waals surface area contributed by atoms with Crippen molar-refractivity contribution in [3.05, 3.63) is 82.7 Å². The number of hydrogen-bond acceptors (Lipinski definition) is 5. The minimum atomic E-state index is -0.268. The van der Waals surface area contributed by atoms with Gasteiger partial charge in [-0.1, -0.05) is 24.3 Å². The third-order valence-corrected chi connectivity index (χ3v) is 6.52. The fraction of sp³-hybridized carbons (Fsp3) is 0.259. The minimum absolute atomic E-state index is 0.166. The Morgan fingerprint density at radius 1 is 1.03 bits per heavy atom. The van der Waals surface area contributed by atoms with Crippen LogP contribution in [0.25, 0.3) is 10.9 Å². The molecule has 0 amide bonds. The molecule has 33 heavy (non-hydrogen) atoms. The molecule has 1 aliphatic heterocycles. The van der Waals surface area contributed by atoms with Crippen LogP contribution in [-0.4, -0.2) is 23.6 Å². The SMILES string of the molecule is COc1cccc2c(N3CCc4cccc(C)c4C3C)nc(Nc3ccc(F)cc3C)nc12. The second-order valence-electron chi connectivity index (χ2n) is 8.58. The monoisotopic (exact) mass is 442 g/mol. The van der Waals surface area contributed by atoms with Crippen molar-refractivity contribution in [1.29, 1.82) is 0 Å². The number of nitrogens with one attached hydrogen (secondary N) is 1. The van der Waals surface area contributed by atoms with Crippen molar-refractivity contribution in [3.63, 3.8) is 0 Å². The molecule has 0 aliphatic carbocycles. The van der Waals surface area contributed by atoms with Crippen molar-refractivity contribution >= 4 is 28.4 Å². The Morgan fingerprint density at radius 3 is 2.64 bits per heavy atom. The maximum Gasteiger partial charge on any atom is 0.229 e. The summed E-state index contributed by atoms with van der Waals surface area (Å²) in [6.45, 7) is 7.12. The van der Waals surface area contributed by atoms with E-state index < -0.39 is 0 Å². The summed E-state index contributed by atoms with van der Waals surface area (Å²) in [6, 6.07) is 17.3. The average Bonchev–Trinajstić information content (AvgIpc) is 2.80. The summed E-state index contributed by atoms with van der Waals surface area (Å²) in [5.74, 6) is 1.74. The van der Waals surface area contributed by atoms with Gasteiger partial charge in [-0.05, 0) is 79.8 Å². The largest absolute Gasteiger partial charge is 0.494 e. The fourth-order valence-corrected chi connectivity index (χ4v) is 4.87. The molecule has 2 heterocycles. The Kier molecular flexibility index (Phi) is 5.36. The van der Waals surface area contributed by atoms with Gasteiger partial charge in [0, 0.05) is 17.6 Å². The fourth-order valence-electron chi connectivity index (χ4n) is 4.87. The first kappa shape index (κ1) is 21.2. The van der Waals surface area contributed by atoms with E-state index in [0.717, 1.165) is 40.9 Å². The number of anilines is 3. The zero-order chi connectivity index (χ0) is 23.1. The van der Waals surface area contributed by atoms with E-state index in [9.17, 15) is 4.39 Å². The van der Waals surface area contributed by atoms with Crippen LogP contribution < -0.4 is 15.0 Å². The van der Waals surface area contributed by atoms with Gasteiger partial charge in [-0.25, -0.2) is 9.37 Å². The molecular weight excluding hydrogens is 415 g/mol. The van der Waals surface area contributed by atoms with E-state index in [1.165, 1.54) is 28.8 Å². The van der Waals surface area contributed by atoms with Crippen LogP contribution in [0.1, 0.15) is 35.2 Å². The lowest BCUT2D eigenvalue weighted by Crippen LogP contribution is -2.35. The van der Waals surface area contributed by atoms with Crippen LogP contribution in [0.15, 0.2) is 54.6 Å². The Hall–Kier alpha value is -3.67. The third kappa shape index (κ3) is 3.75. The van der Waals surface area contributed by atoms with Crippen LogP contribution in [0.2, 0.25) is 0 Å². The molecule has 0 radical (unpaired) electrons. The van der Waals surface area contributed by atoms with Gasteiger partial charge in [-0.3, -0.25) is 0 Å². The second-order valence-corrected chi connectivity index (χ2v) is 8.58. The second kappa shape index (κ2) is 8.35. The van der Waals surface area contributed by atoms with Gasteiger partial charge in [-0.2, -0.15) is 4.98 Å². The van der Waals surface area contributed by atoms with Gasteiger partial charge in [0.05, 0.1) is 13.2 Å². The quantitative estimate of drug-likeness (QED) is 0.404. The number of aromatic nitrogens is 2. The van der Waals surface area contributed by atoms with Crippen molar-refractivity contribution < 1.29 is 9.13 Å². The van der Waals surface area contributed by atoms with E-state index in [4.69, 9.17) is 14.7 Å². The number of methoxy groups -OCH3 is 1. The average molecular weight is 443 g/mol. The zero-order valence-corrected chi connectivity index (χ0v) is 19.3. The molecule has 0 saturated carbocycles. The smallest absolute Gasteiger partial charge is 0.229 e. The summed E-state index contributed by atoms with van der Waals surface area (Å²) in [5, 5.41) is 4.24. The van der Waals surface area contributed by atoms with Crippen LogP contribution in [0.4, 0.5) is 21.8 Å². The van der Waals surface area contributed by atoms with Crippen LogP contribution in [-0.2, 0) is 6.42 Å². The van der Waals surface area contributed by atoms with Gasteiger partial charge in [0.2, 0.25) is 5.95 Å². The number of benzene rings is 3. The van der Waals surface area contributed by atoms with E-state index in [1.807, 2.05) is 25.1 Å². The summed E-state index contributed by atoms with van der Waals surface area (Å²) in [7, 11) is 1.65. The molecule has 168 valence electrons. The van der Waals surface area contributed by atoms with Gasteiger partial charge in [0.1, 0.15) is 22.9 Å². The summed E-state index contributed by atoms with van der Waals surface area (Å²) in [4.78, 5) is 12.1. The van der Waals surface area contributed by atoms with Gasteiger partial charge in [-0.15, -0.1) is 0 Å². The van der Waals surface area contributed by atoms with E-state index in [2.05, 4.69) is 42.3 Å². The molecule has 0 fully saturated rings. The molecule has 0 bridgehead atoms. The summed E-state index contributed by atoms with van der Waals surface area (Å²) < 4.78 is 19.2. The van der Waals surface area contributed by atoms with E-state index in [1.54, 1.807) is 13.2 Å². The first-order chi connectivity index (χ1) is 16.0. The van der Waals surface area contributed by atoms with Gasteiger partial charge < -0.3 is 15.0 Å². The molecule has 1 N–H and O–H groups in total. The maximum absolute atomic E-state index is 13.6. The predicted octanol–water partition coefficient (Wildman–Crippen LogP) is 6.26. The van der Waals surface area contributed by atoms with Crippen molar-refractivity contribution in [1.82, 2.24) is 9.97 Å². The predicted molar refractivity (Wildman–Crippen MR) is 131 cm³/mol. The van der Waals surface area contributed by atoms with Crippen LogP contribution in [0.5, 0.6) is 5.75 Å². The number of aryl methyl sites for hydroxylation is 2. The van der Waals surface area contributed by atoms with Gasteiger partial charge in [0.25, 0.3) is 0 Å². The molecule has 5 nitrogen and oxygen atoms in total. The minimum Gasteiger partial charge on any atom is -0.494 e. The van der Waals surface area contributed by atoms with Gasteiger partial charge >= 0.3 is 0 Å². The molecule has 1 aliphatic rings. The van der Waals surface area contributed by atoms with Crippen molar-refractivity contribution in [2.24, 2.45) is 0 Å². The molecular formula is C27H27FN4O. The lowest BCUT2D eigenvalue weighted by molar-refractivity contribution is 0.419. The number of halogens is 1. The lowest BCUT2D eigenvalue weighted by atomic mass is 9.90. The Morgan fingerprint density at radius 2 is 1.85 bits per heavy atom. The third-order valence-electron chi connectivity index (χ3n) is 6.52. The highest BCUT2D eigenvalue weighted by Crippen LogP contribution is 2.39. The topological polar surface area (TPSA) is 50.3 Å². The molecule has 6 heteroatoms. The van der Waals surface area contributed by atoms with Crippen LogP contribution >= 0.6 is 0 Å². The highest BCUT2D eigenvalue weighted by atomic mass is 19.1. The standard InChI is InChI=1S/C27H27FN4O/c1-16-7-5-8-19-13-14-32(18(3)24(16)19)26-21-9-6-10-23(33-4)25(21)30-27(31-26)29-22-12-11-20(28)15-17(22)2/h5-12,15,18H,13-14H2,1-4H3,(H,29,30,31). The molecule has 3 aromatic carbocycles. The van der Waals surface area contributed by atoms with E-state index in [-0.39, 0.29) is 11.9 Å². The lowest BCUT2D eigenvalue weighted by Gasteiger charge is -2.37. The molecule has 1 aromatic heterocycles. The molecule has 1 unspecified atom stereocenters. The number of fused-ring (bicyclic) bond motifs is 2. The highest BCUT2D eigenvalue weighted by Gasteiger charge is 2.28. The Bertz CT molecular complexity index is 1350. The summed E-state index contributed by atoms with van der Waals surface area (Å²) >= 11 is 0. The number of hydrogen-bond donors (Lipinski definition) is 1. The Labute approximate surface area is 193 Å². The number of ether oxygens (including phenoxy) is 1. The van der Waals surface area contributed by atoms with Gasteiger partial charge in [0.15, 0.2) is 0 Å². The van der Waals surface area contributed by atoms with Crippen molar-refractivity contribution in [2.75, 3.05) is 23.9 Å². The van der Waals surface area contributed by atoms with Crippen LogP contribution in [0.3, 0.4) is 0 Å². The van der Waals surface area contributed by atoms with Crippen LogP contribution in [0, 0.1) is 19.7 Å². The van der Waals surface area contributed by atoms with E-state index in [0.29, 0.717) is 11.7 Å². The Balaban J connectivity index is 1.66. The summed E-state index contributed by atoms with van der Waals surface area (Å²) in [5.41, 5.74) is 6.36. The molecule has 1 atom stereocenters. The number of para-hydroxylation sites is 1. The maximum atomic E-state index is 13.6. The molecule has 4 aromatic rings. The molecule has 0 spiro atoms. The number of nitrogens with zero attached hydrogens (tertiary/aromatic N) is 3. The highest BCUT2D eigenvalue weighted by molar-refractivity contribution is 5.95. The first-order valence-electron chi connectivity index (χ1n) is 11.2. The zero-order valence-electron chi connectivity index (χ0n) is 19.3.